The minimum absolute atomic E-state index is 0.108. The second-order valence-electron chi connectivity index (χ2n) is 4.89. The summed E-state index contributed by atoms with van der Waals surface area (Å²) in [5.41, 5.74) is 0.734. The fourth-order valence-corrected chi connectivity index (χ4v) is 2.98. The van der Waals surface area contributed by atoms with Crippen molar-refractivity contribution in [2.75, 3.05) is 37.0 Å². The van der Waals surface area contributed by atoms with E-state index in [9.17, 15) is 4.79 Å². The van der Waals surface area contributed by atoms with Crippen LogP contribution in [0.4, 0.5) is 5.82 Å². The molecule has 1 aliphatic heterocycles. The van der Waals surface area contributed by atoms with Gasteiger partial charge in [-0.25, -0.2) is 9.97 Å². The number of morpholine rings is 1. The van der Waals surface area contributed by atoms with Crippen LogP contribution in [0.1, 0.15) is 10.4 Å². The molecule has 2 aromatic rings. The number of benzene rings is 1. The van der Waals surface area contributed by atoms with Crippen molar-refractivity contribution >= 4 is 23.4 Å². The van der Waals surface area contributed by atoms with Gasteiger partial charge < -0.3 is 9.64 Å². The molecule has 0 spiro atoms. The van der Waals surface area contributed by atoms with E-state index in [1.165, 1.54) is 11.8 Å². The van der Waals surface area contributed by atoms with Crippen LogP contribution in [0.15, 0.2) is 47.8 Å². The highest BCUT2D eigenvalue weighted by molar-refractivity contribution is 7.99. The zero-order valence-corrected chi connectivity index (χ0v) is 13.0. The van der Waals surface area contributed by atoms with Gasteiger partial charge in [0.15, 0.2) is 5.78 Å². The van der Waals surface area contributed by atoms with Crippen LogP contribution in [0.25, 0.3) is 0 Å². The second-order valence-corrected chi connectivity index (χ2v) is 5.89. The largest absolute Gasteiger partial charge is 0.378 e. The molecule has 5 nitrogen and oxygen atoms in total. The Bertz CT molecular complexity index is 630. The van der Waals surface area contributed by atoms with Gasteiger partial charge in [0.1, 0.15) is 17.2 Å². The normalized spacial score (nSPS) is 14.8. The molecule has 22 heavy (non-hydrogen) atoms. The number of hydrogen-bond donors (Lipinski definition) is 0. The van der Waals surface area contributed by atoms with Crippen LogP contribution in [0.3, 0.4) is 0 Å². The van der Waals surface area contributed by atoms with Gasteiger partial charge in [-0.05, 0) is 0 Å². The SMILES string of the molecule is O=C(CSc1cc(N2CCOCC2)ncn1)c1ccccc1. The zero-order chi connectivity index (χ0) is 15.2. The lowest BCUT2D eigenvalue weighted by atomic mass is 10.2. The van der Waals surface area contributed by atoms with Crippen molar-refractivity contribution in [1.82, 2.24) is 9.97 Å². The van der Waals surface area contributed by atoms with E-state index in [1.807, 2.05) is 36.4 Å². The molecule has 1 saturated heterocycles. The summed E-state index contributed by atoms with van der Waals surface area (Å²) in [6.45, 7) is 3.12. The number of anilines is 1. The fraction of sp³-hybridized carbons (Fsp3) is 0.312. The number of ketones is 1. The van der Waals surface area contributed by atoms with E-state index >= 15 is 0 Å². The minimum atomic E-state index is 0.108. The Hall–Kier alpha value is -1.92. The average Bonchev–Trinajstić information content (AvgIpc) is 2.61. The topological polar surface area (TPSA) is 55.3 Å². The zero-order valence-electron chi connectivity index (χ0n) is 12.1. The van der Waals surface area contributed by atoms with E-state index in [0.29, 0.717) is 5.75 Å². The molecule has 0 atom stereocenters. The van der Waals surface area contributed by atoms with E-state index < -0.39 is 0 Å². The number of carbonyl (C=O) groups excluding carboxylic acids is 1. The lowest BCUT2D eigenvalue weighted by Gasteiger charge is -2.27. The standard InChI is InChI=1S/C16H17N3O2S/c20-14(13-4-2-1-3-5-13)11-22-16-10-15(17-12-18-16)19-6-8-21-9-7-19/h1-5,10,12H,6-9,11H2. The van der Waals surface area contributed by atoms with Gasteiger partial charge in [-0.1, -0.05) is 42.1 Å². The molecule has 1 aromatic carbocycles. The van der Waals surface area contributed by atoms with Crippen LogP contribution in [-0.4, -0.2) is 47.8 Å². The highest BCUT2D eigenvalue weighted by atomic mass is 32.2. The molecule has 114 valence electrons. The van der Waals surface area contributed by atoms with Crippen molar-refractivity contribution in [3.05, 3.63) is 48.3 Å². The van der Waals surface area contributed by atoms with Gasteiger partial charge in [0, 0.05) is 24.7 Å². The van der Waals surface area contributed by atoms with Gasteiger partial charge in [-0.3, -0.25) is 4.79 Å². The first kappa shape index (κ1) is 15.0. The van der Waals surface area contributed by atoms with Crippen LogP contribution in [0, 0.1) is 0 Å². The van der Waals surface area contributed by atoms with Gasteiger partial charge in [-0.15, -0.1) is 0 Å². The molecule has 0 unspecified atom stereocenters. The molecular formula is C16H17N3O2S. The van der Waals surface area contributed by atoms with Crippen molar-refractivity contribution < 1.29 is 9.53 Å². The maximum Gasteiger partial charge on any atom is 0.173 e. The van der Waals surface area contributed by atoms with Crippen LogP contribution in [-0.2, 0) is 4.74 Å². The lowest BCUT2D eigenvalue weighted by molar-refractivity contribution is 0.102. The lowest BCUT2D eigenvalue weighted by Crippen LogP contribution is -2.36. The maximum absolute atomic E-state index is 12.1. The Labute approximate surface area is 133 Å². The van der Waals surface area contributed by atoms with Gasteiger partial charge in [0.05, 0.1) is 19.0 Å². The van der Waals surface area contributed by atoms with Crippen LogP contribution in [0.5, 0.6) is 0 Å². The first-order chi connectivity index (χ1) is 10.8. The van der Waals surface area contributed by atoms with Crippen molar-refractivity contribution in [3.63, 3.8) is 0 Å². The molecule has 1 aliphatic rings. The highest BCUT2D eigenvalue weighted by Gasteiger charge is 2.14. The van der Waals surface area contributed by atoms with E-state index in [-0.39, 0.29) is 5.78 Å². The summed E-state index contributed by atoms with van der Waals surface area (Å²) in [6, 6.07) is 11.3. The van der Waals surface area contributed by atoms with Crippen molar-refractivity contribution in [3.8, 4) is 0 Å². The summed E-state index contributed by atoms with van der Waals surface area (Å²) >= 11 is 1.44. The first-order valence-corrected chi connectivity index (χ1v) is 8.17. The molecule has 0 radical (unpaired) electrons. The molecule has 2 heterocycles. The molecule has 6 heteroatoms. The molecular weight excluding hydrogens is 298 g/mol. The first-order valence-electron chi connectivity index (χ1n) is 7.19. The summed E-state index contributed by atoms with van der Waals surface area (Å²) in [7, 11) is 0. The van der Waals surface area contributed by atoms with E-state index in [1.54, 1.807) is 6.33 Å². The molecule has 0 bridgehead atoms. The van der Waals surface area contributed by atoms with Crippen molar-refractivity contribution in [2.45, 2.75) is 5.03 Å². The fourth-order valence-electron chi connectivity index (χ4n) is 2.22. The highest BCUT2D eigenvalue weighted by Crippen LogP contribution is 2.21. The number of rotatable bonds is 5. The summed E-state index contributed by atoms with van der Waals surface area (Å²) in [5, 5.41) is 0.820. The smallest absolute Gasteiger partial charge is 0.173 e. The summed E-state index contributed by atoms with van der Waals surface area (Å²) < 4.78 is 5.34. The Balaban J connectivity index is 1.62. The second kappa shape index (κ2) is 7.38. The number of ether oxygens (including phenoxy) is 1. The van der Waals surface area contributed by atoms with Crippen molar-refractivity contribution in [2.24, 2.45) is 0 Å². The van der Waals surface area contributed by atoms with Crippen LogP contribution < -0.4 is 4.90 Å². The third-order valence-electron chi connectivity index (χ3n) is 3.41. The van der Waals surface area contributed by atoms with Gasteiger partial charge in [-0.2, -0.15) is 0 Å². The molecule has 3 rings (SSSR count). The maximum atomic E-state index is 12.1. The average molecular weight is 315 g/mol. The summed E-state index contributed by atoms with van der Waals surface area (Å²) in [5.74, 6) is 1.38. The number of hydrogen-bond acceptors (Lipinski definition) is 6. The molecule has 1 fully saturated rings. The monoisotopic (exact) mass is 315 g/mol. The number of nitrogens with zero attached hydrogens (tertiary/aromatic N) is 3. The van der Waals surface area contributed by atoms with Crippen LogP contribution in [0.2, 0.25) is 0 Å². The number of aromatic nitrogens is 2. The van der Waals surface area contributed by atoms with Gasteiger partial charge >= 0.3 is 0 Å². The van der Waals surface area contributed by atoms with Gasteiger partial charge in [0.25, 0.3) is 0 Å². The Kier molecular flexibility index (Phi) is 5.03. The van der Waals surface area contributed by atoms with Gasteiger partial charge in [0.2, 0.25) is 0 Å². The molecule has 0 saturated carbocycles. The Morgan fingerprint density at radius 1 is 1.18 bits per heavy atom. The minimum Gasteiger partial charge on any atom is -0.378 e. The molecule has 1 aromatic heterocycles. The number of carbonyl (C=O) groups is 1. The van der Waals surface area contributed by atoms with E-state index in [0.717, 1.165) is 42.7 Å². The third kappa shape index (κ3) is 3.84. The quantitative estimate of drug-likeness (QED) is 0.479. The number of Topliss-reactive ketones (excluding diaryl/α,β-unsaturated/α-hetero) is 1. The van der Waals surface area contributed by atoms with Crippen LogP contribution >= 0.6 is 11.8 Å². The predicted molar refractivity (Wildman–Crippen MR) is 86.6 cm³/mol. The number of thioether (sulfide) groups is 1. The third-order valence-corrected chi connectivity index (χ3v) is 4.34. The van der Waals surface area contributed by atoms with Crippen molar-refractivity contribution in [1.29, 1.82) is 0 Å². The summed E-state index contributed by atoms with van der Waals surface area (Å²) in [4.78, 5) is 22.8. The van der Waals surface area contributed by atoms with E-state index in [2.05, 4.69) is 14.9 Å². The Morgan fingerprint density at radius 2 is 1.95 bits per heavy atom. The predicted octanol–water partition coefficient (Wildman–Crippen LogP) is 2.29. The molecule has 0 aliphatic carbocycles. The van der Waals surface area contributed by atoms with E-state index in [4.69, 9.17) is 4.74 Å². The Morgan fingerprint density at radius 3 is 2.73 bits per heavy atom. The molecule has 0 N–H and O–H groups in total. The molecule has 0 amide bonds. The summed E-state index contributed by atoms with van der Waals surface area (Å²) in [6.07, 6.45) is 1.56.